The first-order chi connectivity index (χ1) is 14.2. The highest BCUT2D eigenvalue weighted by atomic mass is 32.2. The Morgan fingerprint density at radius 3 is 2.69 bits per heavy atom. The average Bonchev–Trinajstić information content (AvgIpc) is 3.17. The van der Waals surface area contributed by atoms with E-state index in [2.05, 4.69) is 38.6 Å². The van der Waals surface area contributed by atoms with Crippen LogP contribution in [0.3, 0.4) is 0 Å². The van der Waals surface area contributed by atoms with Crippen molar-refractivity contribution in [2.24, 2.45) is 16.5 Å². The standard InChI is InChI=1S/C22H20N6S/c23-12-15-3-1-4-16(9-15)17-7-8-28-20(13-26-21(28)11-17)18-5-2-6-19(10-18)27-22(25)29-14-24/h1-11,13-14,24H,12,23H2,(H2,25,27)/p+1. The summed E-state index contributed by atoms with van der Waals surface area (Å²) >= 11 is 1.19. The lowest BCUT2D eigenvalue weighted by molar-refractivity contribution is -0.100. The number of hydrogen-bond donors (Lipinski definition) is 3. The van der Waals surface area contributed by atoms with Crippen molar-refractivity contribution in [1.29, 1.82) is 0 Å². The number of imidazole rings is 1. The number of aromatic nitrogens is 2. The lowest BCUT2D eigenvalue weighted by atomic mass is 10.0. The monoisotopic (exact) mass is 401 g/mol. The van der Waals surface area contributed by atoms with E-state index in [1.807, 2.05) is 48.8 Å². The van der Waals surface area contributed by atoms with Gasteiger partial charge < -0.3 is 11.5 Å². The molecule has 0 spiro atoms. The molecule has 6 nitrogen and oxygen atoms in total. The first kappa shape index (κ1) is 18.9. The highest BCUT2D eigenvalue weighted by molar-refractivity contribution is 8.24. The van der Waals surface area contributed by atoms with Gasteiger partial charge in [0, 0.05) is 30.1 Å². The van der Waals surface area contributed by atoms with Crippen LogP contribution in [0.2, 0.25) is 0 Å². The zero-order valence-corrected chi connectivity index (χ0v) is 16.5. The van der Waals surface area contributed by atoms with Crippen molar-refractivity contribution in [2.75, 3.05) is 0 Å². The molecule has 0 aliphatic heterocycles. The molecule has 7 heteroatoms. The second kappa shape index (κ2) is 8.30. The zero-order chi connectivity index (χ0) is 20.2. The maximum Gasteiger partial charge on any atom is 0.202 e. The van der Waals surface area contributed by atoms with Gasteiger partial charge in [-0.05, 0) is 47.0 Å². The van der Waals surface area contributed by atoms with Gasteiger partial charge >= 0.3 is 0 Å². The summed E-state index contributed by atoms with van der Waals surface area (Å²) in [6.45, 7) is 0.523. The molecule has 29 heavy (non-hydrogen) atoms. The lowest BCUT2D eigenvalue weighted by Gasteiger charge is -2.07. The van der Waals surface area contributed by atoms with Crippen LogP contribution in [-0.4, -0.2) is 20.1 Å². The molecular weight excluding hydrogens is 380 g/mol. The second-order valence-corrected chi connectivity index (χ2v) is 7.37. The van der Waals surface area contributed by atoms with Gasteiger partial charge in [0.05, 0.1) is 17.6 Å². The smallest absolute Gasteiger partial charge is 0.202 e. The van der Waals surface area contributed by atoms with Crippen molar-refractivity contribution in [3.8, 4) is 22.4 Å². The summed E-state index contributed by atoms with van der Waals surface area (Å²) in [6.07, 6.45) is 3.90. The predicted molar refractivity (Wildman–Crippen MR) is 121 cm³/mol. The Bertz CT molecular complexity index is 1210. The van der Waals surface area contributed by atoms with Crippen LogP contribution in [0.4, 0.5) is 5.69 Å². The maximum absolute atomic E-state index is 5.84. The SMILES string of the molecule is NCc1cccc(-c2ccn3c(-c4cccc(N=C(N)SC=[NH2+])c4)cnc3c2)c1. The number of nitrogens with zero attached hydrogens (tertiary/aromatic N) is 3. The fourth-order valence-corrected chi connectivity index (χ4v) is 3.51. The fourth-order valence-electron chi connectivity index (χ4n) is 3.21. The number of rotatable bonds is 5. The highest BCUT2D eigenvalue weighted by Crippen LogP contribution is 2.28. The van der Waals surface area contributed by atoms with Gasteiger partial charge in [0.25, 0.3) is 0 Å². The molecular formula is C22H21N6S+. The molecule has 0 saturated carbocycles. The first-order valence-corrected chi connectivity index (χ1v) is 9.97. The molecule has 0 bridgehead atoms. The molecule has 2 aromatic heterocycles. The number of hydrogen-bond acceptors (Lipinski definition) is 4. The van der Waals surface area contributed by atoms with Gasteiger partial charge in [0.2, 0.25) is 5.55 Å². The summed E-state index contributed by atoms with van der Waals surface area (Å²) < 4.78 is 2.06. The summed E-state index contributed by atoms with van der Waals surface area (Å²) in [7, 11) is 0. The minimum atomic E-state index is 0.396. The average molecular weight is 402 g/mol. The topological polar surface area (TPSA) is 107 Å². The Morgan fingerprint density at radius 2 is 1.86 bits per heavy atom. The van der Waals surface area contributed by atoms with Crippen LogP contribution in [0, 0.1) is 0 Å². The van der Waals surface area contributed by atoms with Gasteiger partial charge in [-0.1, -0.05) is 30.3 Å². The summed E-state index contributed by atoms with van der Waals surface area (Å²) in [5, 5.41) is 5.78. The third-order valence-corrected chi connectivity index (χ3v) is 5.05. The number of nitrogens with two attached hydrogens (primary N) is 3. The van der Waals surface area contributed by atoms with Crippen molar-refractivity contribution < 1.29 is 5.41 Å². The lowest BCUT2D eigenvalue weighted by Crippen LogP contribution is -2.29. The van der Waals surface area contributed by atoms with E-state index in [9.17, 15) is 0 Å². The molecule has 0 amide bonds. The normalized spacial score (nSPS) is 11.7. The van der Waals surface area contributed by atoms with Crippen LogP contribution in [0.1, 0.15) is 5.56 Å². The molecule has 0 saturated heterocycles. The Balaban J connectivity index is 1.71. The quantitative estimate of drug-likeness (QED) is 0.353. The Kier molecular flexibility index (Phi) is 5.41. The van der Waals surface area contributed by atoms with Crippen LogP contribution in [0.5, 0.6) is 0 Å². The van der Waals surface area contributed by atoms with Gasteiger partial charge in [0.1, 0.15) is 5.65 Å². The first-order valence-electron chi connectivity index (χ1n) is 9.09. The van der Waals surface area contributed by atoms with Crippen LogP contribution in [0.15, 0.2) is 78.0 Å². The molecule has 2 aromatic carbocycles. The van der Waals surface area contributed by atoms with E-state index < -0.39 is 0 Å². The van der Waals surface area contributed by atoms with Crippen molar-refractivity contribution in [2.45, 2.75) is 6.54 Å². The Labute approximate surface area is 172 Å². The summed E-state index contributed by atoms with van der Waals surface area (Å²) in [5.74, 6) is 0. The van der Waals surface area contributed by atoms with E-state index in [0.29, 0.717) is 11.7 Å². The van der Waals surface area contributed by atoms with Crippen molar-refractivity contribution >= 4 is 33.8 Å². The highest BCUT2D eigenvalue weighted by Gasteiger charge is 2.09. The van der Waals surface area contributed by atoms with E-state index >= 15 is 0 Å². The van der Waals surface area contributed by atoms with Crippen LogP contribution in [0.25, 0.3) is 28.0 Å². The van der Waals surface area contributed by atoms with Crippen molar-refractivity contribution in [1.82, 2.24) is 9.38 Å². The van der Waals surface area contributed by atoms with Crippen LogP contribution < -0.4 is 16.9 Å². The number of benzene rings is 2. The molecule has 0 radical (unpaired) electrons. The Hall–Kier alpha value is -3.42. The molecule has 0 aliphatic rings. The molecule has 0 atom stereocenters. The third-order valence-electron chi connectivity index (χ3n) is 4.58. The largest absolute Gasteiger partial charge is 0.378 e. The summed E-state index contributed by atoms with van der Waals surface area (Å²) in [5.41, 5.74) is 20.0. The number of thioether (sulfide) groups is 1. The van der Waals surface area contributed by atoms with E-state index in [1.54, 1.807) is 0 Å². The number of fused-ring (bicyclic) bond motifs is 1. The van der Waals surface area contributed by atoms with E-state index in [-0.39, 0.29) is 0 Å². The van der Waals surface area contributed by atoms with Gasteiger partial charge in [-0.15, -0.1) is 0 Å². The molecule has 6 N–H and O–H groups in total. The molecule has 0 aliphatic carbocycles. The summed E-state index contributed by atoms with van der Waals surface area (Å²) in [4.78, 5) is 8.97. The van der Waals surface area contributed by atoms with Crippen molar-refractivity contribution in [3.05, 3.63) is 78.6 Å². The maximum atomic E-state index is 5.84. The minimum absolute atomic E-state index is 0.396. The van der Waals surface area contributed by atoms with Crippen LogP contribution >= 0.6 is 11.8 Å². The number of pyridine rings is 1. The summed E-state index contributed by atoms with van der Waals surface area (Å²) in [6, 6.07) is 20.3. The van der Waals surface area contributed by atoms with Crippen LogP contribution in [-0.2, 0) is 6.54 Å². The number of amidine groups is 1. The van der Waals surface area contributed by atoms with E-state index in [1.165, 1.54) is 17.3 Å². The molecule has 2 heterocycles. The zero-order valence-electron chi connectivity index (χ0n) is 15.7. The second-order valence-electron chi connectivity index (χ2n) is 6.45. The number of aliphatic imine (C=N–C) groups is 1. The van der Waals surface area contributed by atoms with Gasteiger partial charge in [0.15, 0.2) is 5.17 Å². The van der Waals surface area contributed by atoms with Crippen molar-refractivity contribution in [3.63, 3.8) is 0 Å². The molecule has 144 valence electrons. The molecule has 0 unspecified atom stereocenters. The van der Waals surface area contributed by atoms with Gasteiger partial charge in [-0.3, -0.25) is 9.81 Å². The minimum Gasteiger partial charge on any atom is -0.378 e. The Morgan fingerprint density at radius 1 is 1.07 bits per heavy atom. The molecule has 0 fully saturated rings. The van der Waals surface area contributed by atoms with E-state index in [4.69, 9.17) is 16.9 Å². The van der Waals surface area contributed by atoms with E-state index in [0.717, 1.165) is 39.3 Å². The predicted octanol–water partition coefficient (Wildman–Crippen LogP) is 2.59. The molecule has 4 rings (SSSR count). The van der Waals surface area contributed by atoms with Gasteiger partial charge in [-0.2, -0.15) is 0 Å². The molecule has 4 aromatic rings. The van der Waals surface area contributed by atoms with Gasteiger partial charge in [-0.25, -0.2) is 9.98 Å². The third kappa shape index (κ3) is 4.06. The fraction of sp³-hybridized carbons (Fsp3) is 0.0455.